The maximum Gasteiger partial charge on any atom is 0.311 e. The van der Waals surface area contributed by atoms with Crippen LogP contribution in [-0.4, -0.2) is 38.6 Å². The molecule has 0 saturated heterocycles. The molecule has 2 aromatic carbocycles. The van der Waals surface area contributed by atoms with Gasteiger partial charge in [0.1, 0.15) is 0 Å². The number of nitrogens with zero attached hydrogens (tertiary/aromatic N) is 2. The zero-order valence-corrected chi connectivity index (χ0v) is 15.2. The summed E-state index contributed by atoms with van der Waals surface area (Å²) < 4.78 is 4.94. The van der Waals surface area contributed by atoms with Crippen LogP contribution in [0.2, 0.25) is 0 Å². The van der Waals surface area contributed by atoms with Crippen molar-refractivity contribution < 1.29 is 14.5 Å². The number of nitro benzene ring substituents is 1. The lowest BCUT2D eigenvalue weighted by atomic mass is 10.1. The van der Waals surface area contributed by atoms with Crippen molar-refractivity contribution in [3.05, 3.63) is 63.7 Å². The minimum Gasteiger partial charge on any atom is -0.490 e. The first-order valence-corrected chi connectivity index (χ1v) is 8.29. The van der Waals surface area contributed by atoms with Crippen LogP contribution >= 0.6 is 0 Å². The molecule has 0 aliphatic heterocycles. The fourth-order valence-electron chi connectivity index (χ4n) is 2.53. The van der Waals surface area contributed by atoms with E-state index in [1.165, 1.54) is 30.9 Å². The van der Waals surface area contributed by atoms with E-state index in [1.54, 1.807) is 0 Å². The molecule has 0 bridgehead atoms. The van der Waals surface area contributed by atoms with Gasteiger partial charge in [0.25, 0.3) is 5.91 Å². The number of aryl methyl sites for hydroxylation is 1. The van der Waals surface area contributed by atoms with Gasteiger partial charge in [-0.05, 0) is 42.7 Å². The molecule has 0 spiro atoms. The number of carbonyl (C=O) groups is 1. The Morgan fingerprint density at radius 3 is 2.46 bits per heavy atom. The average Bonchev–Trinajstić information content (AvgIpc) is 2.64. The van der Waals surface area contributed by atoms with Crippen molar-refractivity contribution in [1.29, 1.82) is 0 Å². The van der Waals surface area contributed by atoms with E-state index in [4.69, 9.17) is 4.74 Å². The summed E-state index contributed by atoms with van der Waals surface area (Å²) in [7, 11) is 5.34. The highest BCUT2D eigenvalue weighted by Crippen LogP contribution is 2.27. The van der Waals surface area contributed by atoms with E-state index in [1.807, 2.05) is 19.0 Å². The van der Waals surface area contributed by atoms with E-state index in [0.717, 1.165) is 18.5 Å². The number of amides is 1. The third-order valence-corrected chi connectivity index (χ3v) is 4.02. The summed E-state index contributed by atoms with van der Waals surface area (Å²) in [5, 5.41) is 13.8. The highest BCUT2D eigenvalue weighted by Gasteiger charge is 2.17. The van der Waals surface area contributed by atoms with Crippen molar-refractivity contribution in [2.45, 2.75) is 12.8 Å². The van der Waals surface area contributed by atoms with Gasteiger partial charge in [-0.3, -0.25) is 14.9 Å². The summed E-state index contributed by atoms with van der Waals surface area (Å²) in [4.78, 5) is 24.7. The number of nitrogens with one attached hydrogen (secondary N) is 1. The first-order chi connectivity index (χ1) is 12.4. The van der Waals surface area contributed by atoms with E-state index in [9.17, 15) is 14.9 Å². The summed E-state index contributed by atoms with van der Waals surface area (Å²) in [5.41, 5.74) is 2.36. The van der Waals surface area contributed by atoms with Gasteiger partial charge in [0.2, 0.25) is 0 Å². The number of benzene rings is 2. The van der Waals surface area contributed by atoms with Gasteiger partial charge >= 0.3 is 5.69 Å². The molecule has 0 saturated carbocycles. The van der Waals surface area contributed by atoms with Crippen LogP contribution in [-0.2, 0) is 6.42 Å². The number of nitro groups is 1. The van der Waals surface area contributed by atoms with Gasteiger partial charge in [-0.1, -0.05) is 12.1 Å². The Hall–Kier alpha value is -3.09. The highest BCUT2D eigenvalue weighted by molar-refractivity contribution is 5.95. The first-order valence-electron chi connectivity index (χ1n) is 8.29. The molecule has 138 valence electrons. The Bertz CT molecular complexity index is 773. The maximum absolute atomic E-state index is 12.2. The van der Waals surface area contributed by atoms with Crippen LogP contribution in [0, 0.1) is 10.1 Å². The molecule has 0 unspecified atom stereocenters. The summed E-state index contributed by atoms with van der Waals surface area (Å²) in [6.07, 6.45) is 1.63. The molecule has 0 aliphatic rings. The zero-order chi connectivity index (χ0) is 19.1. The second-order valence-electron chi connectivity index (χ2n) is 6.06. The number of methoxy groups -OCH3 is 1. The lowest BCUT2D eigenvalue weighted by molar-refractivity contribution is -0.385. The summed E-state index contributed by atoms with van der Waals surface area (Å²) in [5.74, 6) is -0.202. The van der Waals surface area contributed by atoms with E-state index < -0.39 is 4.92 Å². The second kappa shape index (κ2) is 8.84. The van der Waals surface area contributed by atoms with Crippen molar-refractivity contribution in [2.75, 3.05) is 32.6 Å². The minimum absolute atomic E-state index is 0.132. The summed E-state index contributed by atoms with van der Waals surface area (Å²) >= 11 is 0. The van der Waals surface area contributed by atoms with E-state index in [-0.39, 0.29) is 22.9 Å². The Balaban J connectivity index is 1.87. The lowest BCUT2D eigenvalue weighted by Crippen LogP contribution is -2.24. The van der Waals surface area contributed by atoms with Gasteiger partial charge in [-0.2, -0.15) is 0 Å². The predicted octanol–water partition coefficient (Wildman–Crippen LogP) is 3.03. The van der Waals surface area contributed by atoms with Crippen molar-refractivity contribution in [3.8, 4) is 5.75 Å². The largest absolute Gasteiger partial charge is 0.490 e. The molecule has 0 aliphatic carbocycles. The molecule has 0 fully saturated rings. The molecule has 1 amide bonds. The Labute approximate surface area is 152 Å². The molecule has 7 nitrogen and oxygen atoms in total. The fourth-order valence-corrected chi connectivity index (χ4v) is 2.53. The first kappa shape index (κ1) is 19.2. The van der Waals surface area contributed by atoms with Gasteiger partial charge in [-0.25, -0.2) is 0 Å². The number of carbonyl (C=O) groups excluding carboxylic acids is 1. The summed E-state index contributed by atoms with van der Waals surface area (Å²) in [6, 6.07) is 12.4. The molecule has 26 heavy (non-hydrogen) atoms. The second-order valence-corrected chi connectivity index (χ2v) is 6.06. The molecule has 0 atom stereocenters. The van der Waals surface area contributed by atoms with E-state index in [0.29, 0.717) is 6.54 Å². The lowest BCUT2D eigenvalue weighted by Gasteiger charge is -2.12. The number of rotatable bonds is 8. The van der Waals surface area contributed by atoms with E-state index in [2.05, 4.69) is 29.6 Å². The zero-order valence-electron chi connectivity index (χ0n) is 15.2. The topological polar surface area (TPSA) is 84.7 Å². The monoisotopic (exact) mass is 357 g/mol. The van der Waals surface area contributed by atoms with Crippen LogP contribution in [0.3, 0.4) is 0 Å². The smallest absolute Gasteiger partial charge is 0.311 e. The molecular weight excluding hydrogens is 334 g/mol. The molecule has 0 heterocycles. The number of anilines is 1. The van der Waals surface area contributed by atoms with Crippen LogP contribution in [0.4, 0.5) is 11.4 Å². The van der Waals surface area contributed by atoms with Crippen molar-refractivity contribution in [2.24, 2.45) is 0 Å². The predicted molar refractivity (Wildman–Crippen MR) is 101 cm³/mol. The standard InChI is InChI=1S/C19H23N3O4/c1-21(2)16-9-6-14(7-10-16)5-4-12-20-19(23)15-8-11-18(26-3)17(13-15)22(24)25/h6-11,13H,4-5,12H2,1-3H3,(H,20,23). The average molecular weight is 357 g/mol. The minimum atomic E-state index is -0.562. The Morgan fingerprint density at radius 2 is 1.88 bits per heavy atom. The van der Waals surface area contributed by atoms with Crippen molar-refractivity contribution in [3.63, 3.8) is 0 Å². The molecule has 0 radical (unpaired) electrons. The Morgan fingerprint density at radius 1 is 1.19 bits per heavy atom. The van der Waals surface area contributed by atoms with Crippen molar-refractivity contribution >= 4 is 17.3 Å². The molecule has 0 aromatic heterocycles. The fraction of sp³-hybridized carbons (Fsp3) is 0.316. The highest BCUT2D eigenvalue weighted by atomic mass is 16.6. The normalized spacial score (nSPS) is 10.3. The SMILES string of the molecule is COc1ccc(C(=O)NCCCc2ccc(N(C)C)cc2)cc1[N+](=O)[O-]. The van der Waals surface area contributed by atoms with E-state index >= 15 is 0 Å². The van der Waals surface area contributed by atoms with Crippen molar-refractivity contribution in [1.82, 2.24) is 5.32 Å². The molecule has 2 aromatic rings. The molecule has 7 heteroatoms. The van der Waals surface area contributed by atoms with Crippen LogP contribution in [0.15, 0.2) is 42.5 Å². The molecule has 2 rings (SSSR count). The third-order valence-electron chi connectivity index (χ3n) is 4.02. The molecular formula is C19H23N3O4. The van der Waals surface area contributed by atoms with Gasteiger partial charge < -0.3 is 15.0 Å². The quantitative estimate of drug-likeness (QED) is 0.446. The number of hydrogen-bond acceptors (Lipinski definition) is 5. The Kier molecular flexibility index (Phi) is 6.54. The third kappa shape index (κ3) is 4.95. The van der Waals surface area contributed by atoms with Gasteiger partial charge in [0.15, 0.2) is 5.75 Å². The number of hydrogen-bond donors (Lipinski definition) is 1. The van der Waals surface area contributed by atoms with Gasteiger partial charge in [0.05, 0.1) is 12.0 Å². The van der Waals surface area contributed by atoms with Crippen LogP contribution in [0.5, 0.6) is 5.75 Å². The van der Waals surface area contributed by atoms with Gasteiger partial charge in [-0.15, -0.1) is 0 Å². The van der Waals surface area contributed by atoms with Crippen LogP contribution in [0.25, 0.3) is 0 Å². The van der Waals surface area contributed by atoms with Crippen LogP contribution in [0.1, 0.15) is 22.3 Å². The molecule has 1 N–H and O–H groups in total. The maximum atomic E-state index is 12.2. The van der Waals surface area contributed by atoms with Crippen LogP contribution < -0.4 is 15.0 Å². The number of ether oxygens (including phenoxy) is 1. The van der Waals surface area contributed by atoms with Gasteiger partial charge in [0, 0.05) is 38.0 Å². The summed E-state index contributed by atoms with van der Waals surface area (Å²) in [6.45, 7) is 0.494.